The third-order valence-electron chi connectivity index (χ3n) is 9.05. The smallest absolute Gasteiger partial charge is 0.203 e. The van der Waals surface area contributed by atoms with Crippen LogP contribution in [0, 0.1) is 5.21 Å². The average Bonchev–Trinajstić information content (AvgIpc) is 3.06. The molecule has 0 saturated carbocycles. The Morgan fingerprint density at radius 3 is 2.15 bits per heavy atom. The largest absolute Gasteiger partial charge is 0.633 e. The quantitative estimate of drug-likeness (QED) is 0.155. The minimum atomic E-state index is -0.765. The lowest BCUT2D eigenvalue weighted by Crippen LogP contribution is -3.14. The third kappa shape index (κ3) is 9.13. The zero-order valence-electron chi connectivity index (χ0n) is 27.9. The summed E-state index contributed by atoms with van der Waals surface area (Å²) in [6, 6.07) is 17.7. The van der Waals surface area contributed by atoms with Crippen molar-refractivity contribution in [1.29, 1.82) is 0 Å². The number of benzene rings is 3. The minimum absolute atomic E-state index is 0. The van der Waals surface area contributed by atoms with Gasteiger partial charge in [-0.15, -0.1) is 24.8 Å². The fourth-order valence-corrected chi connectivity index (χ4v) is 8.04. The maximum absolute atomic E-state index is 13.7. The monoisotopic (exact) mass is 727 g/mol. The van der Waals surface area contributed by atoms with Crippen molar-refractivity contribution in [3.63, 3.8) is 0 Å². The number of hydrogen-bond donors (Lipinski definition) is 1. The number of methoxy groups -OCH3 is 3. The van der Waals surface area contributed by atoms with Gasteiger partial charge in [-0.25, -0.2) is 0 Å². The molecule has 0 spiro atoms. The fourth-order valence-electron chi connectivity index (χ4n) is 6.37. The second-order valence-electron chi connectivity index (χ2n) is 11.9. The maximum atomic E-state index is 13.7. The number of nitrogens with zero attached hydrogens (tertiary/aromatic N) is 2. The molecule has 3 aromatic carbocycles. The van der Waals surface area contributed by atoms with Gasteiger partial charge in [0.1, 0.15) is 11.8 Å². The Bertz CT molecular complexity index is 1420. The SMILES string of the molecule is COc1cc(CCN2CCN(CCCCOc3ccc(Cl)cc3C3(C)Sc4ccccc4C(C)[NH+]3[O-])CC2)cc(OC)c1OC.Cl.Cl. The van der Waals surface area contributed by atoms with E-state index in [1.165, 1.54) is 5.56 Å². The number of nitrogens with one attached hydrogen (secondary N) is 1. The summed E-state index contributed by atoms with van der Waals surface area (Å²) < 4.78 is 22.8. The predicted octanol–water partition coefficient (Wildman–Crippen LogP) is 6.65. The van der Waals surface area contributed by atoms with Gasteiger partial charge >= 0.3 is 0 Å². The Hall–Kier alpha value is -2.08. The van der Waals surface area contributed by atoms with Gasteiger partial charge in [0.25, 0.3) is 0 Å². The number of rotatable bonds is 13. The number of halogens is 3. The number of quaternary nitrogens is 1. The van der Waals surface area contributed by atoms with E-state index in [4.69, 9.17) is 30.5 Å². The van der Waals surface area contributed by atoms with Crippen LogP contribution in [0.25, 0.3) is 0 Å². The third-order valence-corrected chi connectivity index (χ3v) is 10.7. The van der Waals surface area contributed by atoms with Crippen LogP contribution >= 0.6 is 48.2 Å². The molecule has 1 saturated heterocycles. The fraction of sp³-hybridized carbons (Fsp3) is 0.486. The number of hydrogen-bond acceptors (Lipinski definition) is 8. The lowest BCUT2D eigenvalue weighted by atomic mass is 10.0. The van der Waals surface area contributed by atoms with Crippen LogP contribution in [-0.2, 0) is 11.3 Å². The summed E-state index contributed by atoms with van der Waals surface area (Å²) in [5, 5.41) is 14.5. The Morgan fingerprint density at radius 1 is 0.872 bits per heavy atom. The van der Waals surface area contributed by atoms with Gasteiger partial charge < -0.3 is 39.0 Å². The first-order valence-electron chi connectivity index (χ1n) is 15.8. The van der Waals surface area contributed by atoms with Crippen molar-refractivity contribution >= 4 is 48.2 Å². The van der Waals surface area contributed by atoms with E-state index in [0.717, 1.165) is 80.3 Å². The molecule has 260 valence electrons. The molecule has 1 N–H and O–H groups in total. The van der Waals surface area contributed by atoms with E-state index in [9.17, 15) is 5.21 Å². The highest BCUT2D eigenvalue weighted by atomic mass is 35.5. The van der Waals surface area contributed by atoms with E-state index in [2.05, 4.69) is 21.9 Å². The van der Waals surface area contributed by atoms with E-state index in [-0.39, 0.29) is 35.9 Å². The van der Waals surface area contributed by atoms with Crippen LogP contribution in [0.5, 0.6) is 23.0 Å². The number of ether oxygens (including phenoxy) is 4. The Kier molecular flexibility index (Phi) is 15.1. The first-order chi connectivity index (χ1) is 21.8. The number of hydroxylamine groups is 2. The number of piperazine rings is 1. The number of thioether (sulfide) groups is 1. The molecule has 2 aliphatic heterocycles. The molecule has 3 aromatic rings. The summed E-state index contributed by atoms with van der Waals surface area (Å²) in [4.78, 5) is 5.44. The van der Waals surface area contributed by atoms with Gasteiger partial charge in [0.2, 0.25) is 5.75 Å². The lowest BCUT2D eigenvalue weighted by Gasteiger charge is -2.48. The van der Waals surface area contributed by atoms with Crippen LogP contribution in [0.4, 0.5) is 0 Å². The van der Waals surface area contributed by atoms with Crippen LogP contribution in [0.1, 0.15) is 49.4 Å². The van der Waals surface area contributed by atoms with E-state index >= 15 is 0 Å². The van der Waals surface area contributed by atoms with Crippen molar-refractivity contribution in [3.8, 4) is 23.0 Å². The van der Waals surface area contributed by atoms with Gasteiger partial charge in [-0.3, -0.25) is 0 Å². The summed E-state index contributed by atoms with van der Waals surface area (Å²) >= 11 is 8.05. The number of fused-ring (bicyclic) bond motifs is 1. The molecule has 8 nitrogen and oxygen atoms in total. The van der Waals surface area contributed by atoms with Gasteiger partial charge in [0, 0.05) is 55.1 Å². The van der Waals surface area contributed by atoms with Crippen LogP contribution < -0.4 is 24.0 Å². The predicted molar refractivity (Wildman–Crippen MR) is 196 cm³/mol. The molecule has 0 amide bonds. The van der Waals surface area contributed by atoms with Crippen LogP contribution in [0.3, 0.4) is 0 Å². The first-order valence-corrected chi connectivity index (χ1v) is 17.0. The molecule has 2 heterocycles. The van der Waals surface area contributed by atoms with E-state index in [1.54, 1.807) is 33.1 Å². The summed E-state index contributed by atoms with van der Waals surface area (Å²) in [6.07, 6.45) is 2.93. The Balaban J connectivity index is 0.00000300. The standard InChI is InChI=1S/C35H46ClN3O5S.2ClH/c1-25-28-10-6-7-11-33(28)45-35(2,39(25)40)29-24-27(36)12-13-30(29)44-21-9-8-15-37-17-19-38(20-18-37)16-14-26-22-31(41-3)34(43-5)32(23-26)42-4;;/h6-7,10-13,22-25,39H,8-9,14-21H2,1-5H3;2*1H. The lowest BCUT2D eigenvalue weighted by molar-refractivity contribution is -0.923. The normalized spacial score (nSPS) is 21.2. The van der Waals surface area contributed by atoms with Crippen molar-refractivity contribution in [3.05, 3.63) is 81.5 Å². The second-order valence-corrected chi connectivity index (χ2v) is 13.8. The highest BCUT2D eigenvalue weighted by molar-refractivity contribution is 8.00. The molecule has 0 radical (unpaired) electrons. The van der Waals surface area contributed by atoms with Gasteiger partial charge in [-0.1, -0.05) is 41.6 Å². The van der Waals surface area contributed by atoms with Crippen molar-refractivity contribution in [1.82, 2.24) is 9.80 Å². The summed E-state index contributed by atoms with van der Waals surface area (Å²) in [6.45, 7) is 10.9. The van der Waals surface area contributed by atoms with Gasteiger partial charge in [-0.05, 0) is 74.7 Å². The topological polar surface area (TPSA) is 70.9 Å². The summed E-state index contributed by atoms with van der Waals surface area (Å²) in [5.74, 6) is 2.77. The second kappa shape index (κ2) is 18.1. The van der Waals surface area contributed by atoms with Crippen molar-refractivity contribution in [2.75, 3.05) is 67.2 Å². The van der Waals surface area contributed by atoms with Crippen LogP contribution in [0.15, 0.2) is 59.5 Å². The van der Waals surface area contributed by atoms with Gasteiger partial charge in [0.15, 0.2) is 16.4 Å². The average molecular weight is 729 g/mol. The summed E-state index contributed by atoms with van der Waals surface area (Å²) in [7, 11) is 4.93. The van der Waals surface area contributed by atoms with Crippen molar-refractivity contribution in [2.24, 2.45) is 0 Å². The minimum Gasteiger partial charge on any atom is -0.633 e. The molecule has 12 heteroatoms. The molecule has 5 rings (SSSR count). The molecule has 0 aromatic heterocycles. The van der Waals surface area contributed by atoms with Gasteiger partial charge in [0.05, 0.1) is 33.5 Å². The zero-order chi connectivity index (χ0) is 32.0. The highest BCUT2D eigenvalue weighted by Crippen LogP contribution is 2.47. The Labute approximate surface area is 301 Å². The van der Waals surface area contributed by atoms with Crippen molar-refractivity contribution in [2.45, 2.75) is 48.9 Å². The molecule has 0 aliphatic carbocycles. The molecule has 3 atom stereocenters. The summed E-state index contributed by atoms with van der Waals surface area (Å²) in [5.41, 5.74) is 3.12. The Morgan fingerprint density at radius 2 is 1.51 bits per heavy atom. The molecular formula is C35H48Cl3N3O5S. The van der Waals surface area contributed by atoms with Gasteiger partial charge in [-0.2, -0.15) is 0 Å². The van der Waals surface area contributed by atoms with Crippen LogP contribution in [0.2, 0.25) is 5.02 Å². The molecule has 3 unspecified atom stereocenters. The van der Waals surface area contributed by atoms with E-state index in [0.29, 0.717) is 28.9 Å². The van der Waals surface area contributed by atoms with E-state index < -0.39 is 4.87 Å². The molecule has 0 bridgehead atoms. The first kappa shape index (κ1) is 39.4. The maximum Gasteiger partial charge on any atom is 0.203 e. The van der Waals surface area contributed by atoms with Crippen LogP contribution in [-0.4, -0.2) is 77.0 Å². The molecule has 2 aliphatic rings. The van der Waals surface area contributed by atoms with E-state index in [1.807, 2.05) is 56.3 Å². The molecule has 1 fully saturated rings. The molecular weight excluding hydrogens is 681 g/mol. The van der Waals surface area contributed by atoms with Crippen molar-refractivity contribution < 1.29 is 24.0 Å². The molecule has 47 heavy (non-hydrogen) atoms. The number of unbranched alkanes of at least 4 members (excludes halogenated alkanes) is 1. The highest BCUT2D eigenvalue weighted by Gasteiger charge is 2.45. The zero-order valence-corrected chi connectivity index (χ0v) is 31.1.